The molecule has 5 rings (SSSR count). The van der Waals surface area contributed by atoms with Gasteiger partial charge < -0.3 is 10.6 Å². The second-order valence-corrected chi connectivity index (χ2v) is 8.87. The Morgan fingerprint density at radius 3 is 2.60 bits per heavy atom. The van der Waals surface area contributed by atoms with E-state index in [4.69, 9.17) is 5.73 Å². The molecule has 1 fully saturated rings. The smallest absolute Gasteiger partial charge is 0.351 e. The zero-order valence-corrected chi connectivity index (χ0v) is 18.5. The van der Waals surface area contributed by atoms with Crippen molar-refractivity contribution in [2.75, 3.05) is 4.90 Å². The second kappa shape index (κ2) is 7.90. The molecule has 1 saturated heterocycles. The van der Waals surface area contributed by atoms with E-state index in [1.54, 1.807) is 7.05 Å². The molecule has 0 aliphatic carbocycles. The summed E-state index contributed by atoms with van der Waals surface area (Å²) in [5.41, 5.74) is 6.85. The van der Waals surface area contributed by atoms with Crippen LogP contribution in [0.15, 0.2) is 24.4 Å². The molecule has 4 heterocycles. The molecule has 3 unspecified atom stereocenters. The summed E-state index contributed by atoms with van der Waals surface area (Å²) in [6, 6.07) is -0.139. The largest absolute Gasteiger partial charge is 0.410 e. The second-order valence-electron chi connectivity index (χ2n) is 8.87. The van der Waals surface area contributed by atoms with Gasteiger partial charge in [0.25, 0.3) is 11.8 Å². The highest BCUT2D eigenvalue weighted by atomic mass is 19.4. The summed E-state index contributed by atoms with van der Waals surface area (Å²) in [4.78, 5) is 52.1. The SMILES string of the molecule is Cn1ncc2c1CC(N)C(C(F)(F)F)N2Cc1cccc2c1C(=O)N(C1CCC(=O)NC1=O)C2=O. The van der Waals surface area contributed by atoms with E-state index < -0.39 is 47.9 Å². The van der Waals surface area contributed by atoms with Gasteiger partial charge in [0.05, 0.1) is 28.7 Å². The molecule has 1 aromatic carbocycles. The highest BCUT2D eigenvalue weighted by Crippen LogP contribution is 2.39. The van der Waals surface area contributed by atoms with Crippen LogP contribution in [0.1, 0.15) is 44.8 Å². The quantitative estimate of drug-likeness (QED) is 0.604. The number of nitrogens with two attached hydrogens (primary N) is 1. The molecule has 10 nitrogen and oxygen atoms in total. The Hall–Kier alpha value is -3.74. The van der Waals surface area contributed by atoms with E-state index in [0.29, 0.717) is 5.69 Å². The van der Waals surface area contributed by atoms with Crippen molar-refractivity contribution in [3.8, 4) is 0 Å². The lowest BCUT2D eigenvalue weighted by molar-refractivity contribution is -0.154. The van der Waals surface area contributed by atoms with Crippen LogP contribution >= 0.6 is 0 Å². The van der Waals surface area contributed by atoms with E-state index >= 15 is 0 Å². The number of hydrogen-bond acceptors (Lipinski definition) is 7. The summed E-state index contributed by atoms with van der Waals surface area (Å²) in [6.45, 7) is -0.359. The van der Waals surface area contributed by atoms with Gasteiger partial charge >= 0.3 is 6.18 Å². The average molecular weight is 490 g/mol. The zero-order valence-electron chi connectivity index (χ0n) is 18.5. The number of aromatic nitrogens is 2. The van der Waals surface area contributed by atoms with Crippen LogP contribution in [0.4, 0.5) is 18.9 Å². The molecule has 1 aromatic heterocycles. The molecule has 3 aliphatic heterocycles. The van der Waals surface area contributed by atoms with Gasteiger partial charge in [0.1, 0.15) is 12.1 Å². The summed E-state index contributed by atoms with van der Waals surface area (Å²) in [5, 5.41) is 6.19. The van der Waals surface area contributed by atoms with Crippen LogP contribution < -0.4 is 16.0 Å². The Kier molecular flexibility index (Phi) is 5.20. The Balaban J connectivity index is 1.54. The molecule has 3 atom stereocenters. The van der Waals surface area contributed by atoms with Gasteiger partial charge in [-0.3, -0.25) is 34.1 Å². The number of anilines is 1. The van der Waals surface area contributed by atoms with Crippen LogP contribution in [0, 0.1) is 0 Å². The van der Waals surface area contributed by atoms with Crippen LogP contribution in [0.5, 0.6) is 0 Å². The minimum Gasteiger partial charge on any atom is -0.351 e. The number of alkyl halides is 3. The molecule has 3 N–H and O–H groups in total. The van der Waals surface area contributed by atoms with E-state index in [1.807, 2.05) is 0 Å². The summed E-state index contributed by atoms with van der Waals surface area (Å²) in [6.07, 6.45) is -3.43. The lowest BCUT2D eigenvalue weighted by Gasteiger charge is -2.41. The first-order valence-electron chi connectivity index (χ1n) is 10.9. The van der Waals surface area contributed by atoms with Crippen molar-refractivity contribution in [1.82, 2.24) is 20.0 Å². The van der Waals surface area contributed by atoms with Gasteiger partial charge in [0.15, 0.2) is 0 Å². The van der Waals surface area contributed by atoms with Gasteiger partial charge in [-0.1, -0.05) is 12.1 Å². The third kappa shape index (κ3) is 3.57. The van der Waals surface area contributed by atoms with Crippen molar-refractivity contribution < 1.29 is 32.3 Å². The number of nitrogens with one attached hydrogen (secondary N) is 1. The molecular formula is C22H21F3N6O4. The summed E-state index contributed by atoms with van der Waals surface area (Å²) in [7, 11) is 1.61. The molecule has 4 amide bonds. The van der Waals surface area contributed by atoms with Gasteiger partial charge in [0.2, 0.25) is 11.8 Å². The van der Waals surface area contributed by atoms with Crippen LogP contribution in [0.25, 0.3) is 0 Å². The monoisotopic (exact) mass is 490 g/mol. The first-order valence-corrected chi connectivity index (χ1v) is 10.9. The number of carbonyl (C=O) groups excluding carboxylic acids is 4. The zero-order chi connectivity index (χ0) is 25.2. The third-order valence-corrected chi connectivity index (χ3v) is 6.75. The maximum atomic E-state index is 14.1. The van der Waals surface area contributed by atoms with Gasteiger partial charge in [-0.15, -0.1) is 0 Å². The number of benzene rings is 1. The number of amides is 4. The van der Waals surface area contributed by atoms with E-state index in [2.05, 4.69) is 10.4 Å². The molecule has 3 aliphatic rings. The fraction of sp³-hybridized carbons (Fsp3) is 0.409. The number of fused-ring (bicyclic) bond motifs is 2. The van der Waals surface area contributed by atoms with Crippen molar-refractivity contribution >= 4 is 29.3 Å². The molecule has 0 radical (unpaired) electrons. The molecule has 2 aromatic rings. The number of rotatable bonds is 3. The molecule has 0 saturated carbocycles. The summed E-state index contributed by atoms with van der Waals surface area (Å²) >= 11 is 0. The van der Waals surface area contributed by atoms with Crippen molar-refractivity contribution in [2.45, 2.75) is 50.1 Å². The molecule has 0 bridgehead atoms. The first kappa shape index (κ1) is 23.0. The highest BCUT2D eigenvalue weighted by molar-refractivity contribution is 6.24. The van der Waals surface area contributed by atoms with Crippen molar-refractivity contribution in [3.05, 3.63) is 46.8 Å². The number of piperidine rings is 1. The maximum Gasteiger partial charge on any atom is 0.410 e. The van der Waals surface area contributed by atoms with Gasteiger partial charge in [0, 0.05) is 32.5 Å². The molecular weight excluding hydrogens is 469 g/mol. The van der Waals surface area contributed by atoms with Gasteiger partial charge in [-0.2, -0.15) is 18.3 Å². The van der Waals surface area contributed by atoms with Crippen LogP contribution in [0.3, 0.4) is 0 Å². The first-order chi connectivity index (χ1) is 16.5. The minimum atomic E-state index is -4.66. The Morgan fingerprint density at radius 1 is 1.17 bits per heavy atom. The lowest BCUT2D eigenvalue weighted by atomic mass is 9.93. The Bertz CT molecular complexity index is 1270. The van der Waals surface area contributed by atoms with E-state index in [9.17, 15) is 32.3 Å². The molecule has 0 spiro atoms. The van der Waals surface area contributed by atoms with Crippen LogP contribution in [-0.4, -0.2) is 62.6 Å². The van der Waals surface area contributed by atoms with Crippen LogP contribution in [-0.2, 0) is 29.6 Å². The molecule has 35 heavy (non-hydrogen) atoms. The standard InChI is InChI=1S/C22H21F3N6O4/c1-29-14-7-12(26)18(22(23,24)25)30(15(14)8-27-29)9-10-3-2-4-11-17(10)21(35)31(20(11)34)13-5-6-16(32)28-19(13)33/h2-4,8,12-13,18H,5-7,9,26H2,1H3,(H,28,32,33). The predicted octanol–water partition coefficient (Wildman–Crippen LogP) is 0.642. The van der Waals surface area contributed by atoms with E-state index in [0.717, 1.165) is 9.80 Å². The van der Waals surface area contributed by atoms with Gasteiger partial charge in [-0.05, 0) is 18.1 Å². The normalized spacial score (nSPS) is 24.5. The molecule has 13 heteroatoms. The minimum absolute atomic E-state index is 0.00604. The number of carbonyl (C=O) groups is 4. The Labute approximate surface area is 196 Å². The summed E-state index contributed by atoms with van der Waals surface area (Å²) in [5.74, 6) is -2.79. The van der Waals surface area contributed by atoms with Crippen LogP contribution in [0.2, 0.25) is 0 Å². The maximum absolute atomic E-state index is 14.1. The van der Waals surface area contributed by atoms with Gasteiger partial charge in [-0.25, -0.2) is 0 Å². The Morgan fingerprint density at radius 2 is 1.91 bits per heavy atom. The fourth-order valence-corrected chi connectivity index (χ4v) is 5.15. The van der Waals surface area contributed by atoms with E-state index in [-0.39, 0.29) is 48.2 Å². The van der Waals surface area contributed by atoms with Crippen molar-refractivity contribution in [1.29, 1.82) is 0 Å². The number of halogens is 3. The summed E-state index contributed by atoms with van der Waals surface area (Å²) < 4.78 is 43.7. The fourth-order valence-electron chi connectivity index (χ4n) is 5.15. The lowest BCUT2D eigenvalue weighted by Crippen LogP contribution is -2.59. The number of imide groups is 2. The van der Waals surface area contributed by atoms with Crippen molar-refractivity contribution in [2.24, 2.45) is 12.8 Å². The third-order valence-electron chi connectivity index (χ3n) is 6.75. The topological polar surface area (TPSA) is 131 Å². The predicted molar refractivity (Wildman–Crippen MR) is 114 cm³/mol. The number of hydrogen-bond donors (Lipinski definition) is 2. The molecule has 184 valence electrons. The number of aryl methyl sites for hydroxylation is 1. The highest BCUT2D eigenvalue weighted by Gasteiger charge is 2.52. The van der Waals surface area contributed by atoms with Crippen molar-refractivity contribution in [3.63, 3.8) is 0 Å². The average Bonchev–Trinajstić information content (AvgIpc) is 3.25. The number of nitrogens with zero attached hydrogens (tertiary/aromatic N) is 4. The van der Waals surface area contributed by atoms with E-state index in [1.165, 1.54) is 29.1 Å².